The van der Waals surface area contributed by atoms with Gasteiger partial charge in [0.2, 0.25) is 5.91 Å². The molecule has 7 heteroatoms. The number of likely N-dealkylation sites (N-methyl/N-ethyl adjacent to an activating group) is 1. The van der Waals surface area contributed by atoms with Gasteiger partial charge in [-0.2, -0.15) is 0 Å². The molecule has 0 aliphatic carbocycles. The van der Waals surface area contributed by atoms with E-state index in [1.165, 1.54) is 0 Å². The van der Waals surface area contributed by atoms with Gasteiger partial charge in [0.15, 0.2) is 6.61 Å². The highest BCUT2D eigenvalue weighted by atomic mass is 16.5. The largest absolute Gasteiger partial charge is 0.484 e. The average molecular weight is 382 g/mol. The standard InChI is InChI=1S/C21H26N4O3/c1-24-11-13-25(14-12-24)18-9-7-17(8-10-18)23-20(26)15-22-21(27)16-28-19-5-3-2-4-6-19/h2-10H,11-16H2,1H3,(H,22,27)(H,23,26). The number of piperazine rings is 1. The summed E-state index contributed by atoms with van der Waals surface area (Å²) in [6.45, 7) is 3.87. The van der Waals surface area contributed by atoms with Crippen LogP contribution in [0.15, 0.2) is 54.6 Å². The van der Waals surface area contributed by atoms with Crippen LogP contribution in [0.2, 0.25) is 0 Å². The van der Waals surface area contributed by atoms with Crippen LogP contribution in [0.5, 0.6) is 5.75 Å². The molecule has 7 nitrogen and oxygen atoms in total. The van der Waals surface area contributed by atoms with Crippen molar-refractivity contribution in [3.05, 3.63) is 54.6 Å². The van der Waals surface area contributed by atoms with E-state index in [1.807, 2.05) is 42.5 Å². The van der Waals surface area contributed by atoms with Crippen molar-refractivity contribution < 1.29 is 14.3 Å². The monoisotopic (exact) mass is 382 g/mol. The molecule has 28 heavy (non-hydrogen) atoms. The first-order valence-corrected chi connectivity index (χ1v) is 9.38. The minimum absolute atomic E-state index is 0.100. The van der Waals surface area contributed by atoms with Gasteiger partial charge in [-0.25, -0.2) is 0 Å². The van der Waals surface area contributed by atoms with E-state index in [2.05, 4.69) is 27.5 Å². The lowest BCUT2D eigenvalue weighted by atomic mass is 10.2. The molecule has 3 rings (SSSR count). The summed E-state index contributed by atoms with van der Waals surface area (Å²) in [6, 6.07) is 16.8. The highest BCUT2D eigenvalue weighted by molar-refractivity contribution is 5.94. The van der Waals surface area contributed by atoms with Crippen molar-refractivity contribution in [2.75, 3.05) is 56.6 Å². The lowest BCUT2D eigenvalue weighted by Crippen LogP contribution is -2.44. The number of nitrogens with one attached hydrogen (secondary N) is 2. The van der Waals surface area contributed by atoms with Gasteiger partial charge in [-0.3, -0.25) is 9.59 Å². The van der Waals surface area contributed by atoms with Gasteiger partial charge >= 0.3 is 0 Å². The molecule has 0 unspecified atom stereocenters. The average Bonchev–Trinajstić information content (AvgIpc) is 2.73. The van der Waals surface area contributed by atoms with E-state index in [1.54, 1.807) is 12.1 Å². The lowest BCUT2D eigenvalue weighted by molar-refractivity contribution is -0.125. The van der Waals surface area contributed by atoms with Crippen LogP contribution in [0.1, 0.15) is 0 Å². The molecule has 148 valence electrons. The topological polar surface area (TPSA) is 73.9 Å². The maximum atomic E-state index is 12.0. The first-order valence-electron chi connectivity index (χ1n) is 9.38. The van der Waals surface area contributed by atoms with Gasteiger partial charge in [0.05, 0.1) is 6.54 Å². The number of rotatable bonds is 7. The van der Waals surface area contributed by atoms with Crippen molar-refractivity contribution in [2.24, 2.45) is 0 Å². The molecule has 0 saturated carbocycles. The Labute approximate surface area is 165 Å². The molecule has 2 amide bonds. The minimum Gasteiger partial charge on any atom is -0.484 e. The molecule has 0 aromatic heterocycles. The number of para-hydroxylation sites is 1. The zero-order chi connectivity index (χ0) is 19.8. The number of benzene rings is 2. The van der Waals surface area contributed by atoms with Crippen LogP contribution in [-0.4, -0.2) is 63.1 Å². The van der Waals surface area contributed by atoms with Crippen molar-refractivity contribution in [3.8, 4) is 5.75 Å². The van der Waals surface area contributed by atoms with Crippen LogP contribution in [-0.2, 0) is 9.59 Å². The quantitative estimate of drug-likeness (QED) is 0.761. The Bertz CT molecular complexity index is 772. The molecule has 0 radical (unpaired) electrons. The number of hydrogen-bond donors (Lipinski definition) is 2. The number of anilines is 2. The lowest BCUT2D eigenvalue weighted by Gasteiger charge is -2.34. The number of amides is 2. The number of carbonyl (C=O) groups is 2. The fraction of sp³-hybridized carbons (Fsp3) is 0.333. The molecule has 2 N–H and O–H groups in total. The van der Waals surface area contributed by atoms with Gasteiger partial charge in [-0.05, 0) is 43.4 Å². The summed E-state index contributed by atoms with van der Waals surface area (Å²) in [5.41, 5.74) is 1.86. The summed E-state index contributed by atoms with van der Waals surface area (Å²) < 4.78 is 5.34. The van der Waals surface area contributed by atoms with Crippen LogP contribution >= 0.6 is 0 Å². The Kier molecular flexibility index (Phi) is 6.86. The van der Waals surface area contributed by atoms with Crippen LogP contribution in [0.25, 0.3) is 0 Å². The number of hydrogen-bond acceptors (Lipinski definition) is 5. The van der Waals surface area contributed by atoms with Gasteiger partial charge in [-0.15, -0.1) is 0 Å². The van der Waals surface area contributed by atoms with Crippen LogP contribution in [0, 0.1) is 0 Å². The van der Waals surface area contributed by atoms with Gasteiger partial charge in [0.1, 0.15) is 5.75 Å². The van der Waals surface area contributed by atoms with Crippen LogP contribution in [0.4, 0.5) is 11.4 Å². The number of ether oxygens (including phenoxy) is 1. The molecular weight excluding hydrogens is 356 g/mol. The summed E-state index contributed by atoms with van der Waals surface area (Å²) in [4.78, 5) is 28.5. The van der Waals surface area contributed by atoms with E-state index in [9.17, 15) is 9.59 Å². The minimum atomic E-state index is -0.343. The molecule has 0 spiro atoms. The van der Waals surface area contributed by atoms with Gasteiger partial charge in [-0.1, -0.05) is 18.2 Å². The van der Waals surface area contributed by atoms with E-state index in [-0.39, 0.29) is 25.0 Å². The highest BCUT2D eigenvalue weighted by Gasteiger charge is 2.14. The van der Waals surface area contributed by atoms with Crippen molar-refractivity contribution in [3.63, 3.8) is 0 Å². The maximum absolute atomic E-state index is 12.0. The summed E-state index contributed by atoms with van der Waals surface area (Å²) in [6.07, 6.45) is 0. The van der Waals surface area contributed by atoms with Crippen molar-refractivity contribution in [2.45, 2.75) is 0 Å². The Morgan fingerprint density at radius 1 is 0.929 bits per heavy atom. The van der Waals surface area contributed by atoms with E-state index in [0.29, 0.717) is 11.4 Å². The van der Waals surface area contributed by atoms with Gasteiger partial charge < -0.3 is 25.2 Å². The maximum Gasteiger partial charge on any atom is 0.258 e. The first kappa shape index (κ1) is 19.7. The third-order valence-electron chi connectivity index (χ3n) is 4.58. The fourth-order valence-electron chi connectivity index (χ4n) is 2.92. The molecule has 1 fully saturated rings. The Morgan fingerprint density at radius 2 is 1.61 bits per heavy atom. The molecule has 1 saturated heterocycles. The van der Waals surface area contributed by atoms with Crippen LogP contribution in [0.3, 0.4) is 0 Å². The fourth-order valence-corrected chi connectivity index (χ4v) is 2.92. The Balaban J connectivity index is 1.39. The summed E-state index contributed by atoms with van der Waals surface area (Å²) >= 11 is 0. The van der Waals surface area contributed by atoms with Gasteiger partial charge in [0, 0.05) is 37.6 Å². The third kappa shape index (κ3) is 5.99. The van der Waals surface area contributed by atoms with E-state index in [4.69, 9.17) is 4.74 Å². The summed E-state index contributed by atoms with van der Waals surface area (Å²) in [7, 11) is 2.13. The second-order valence-electron chi connectivity index (χ2n) is 6.76. The number of carbonyl (C=O) groups excluding carboxylic acids is 2. The van der Waals surface area contributed by atoms with Crippen LogP contribution < -0.4 is 20.3 Å². The molecule has 0 atom stereocenters. The summed E-state index contributed by atoms with van der Waals surface area (Å²) in [5, 5.41) is 5.34. The zero-order valence-corrected chi connectivity index (χ0v) is 16.1. The highest BCUT2D eigenvalue weighted by Crippen LogP contribution is 2.19. The molecule has 1 heterocycles. The smallest absolute Gasteiger partial charge is 0.258 e. The summed E-state index contributed by atoms with van der Waals surface area (Å²) in [5.74, 6) is -0.00707. The first-order chi connectivity index (χ1) is 13.6. The van der Waals surface area contributed by atoms with Crippen molar-refractivity contribution >= 4 is 23.2 Å². The zero-order valence-electron chi connectivity index (χ0n) is 16.1. The second kappa shape index (κ2) is 9.75. The Hall–Kier alpha value is -3.06. The Morgan fingerprint density at radius 3 is 2.29 bits per heavy atom. The SMILES string of the molecule is CN1CCN(c2ccc(NC(=O)CNC(=O)COc3ccccc3)cc2)CC1. The molecule has 1 aliphatic rings. The molecule has 2 aromatic carbocycles. The van der Waals surface area contributed by atoms with Crippen molar-refractivity contribution in [1.82, 2.24) is 10.2 Å². The molecule has 1 aliphatic heterocycles. The second-order valence-corrected chi connectivity index (χ2v) is 6.76. The molecule has 2 aromatic rings. The third-order valence-corrected chi connectivity index (χ3v) is 4.58. The number of nitrogens with zero attached hydrogens (tertiary/aromatic N) is 2. The predicted octanol–water partition coefficient (Wildman–Crippen LogP) is 1.57. The molecule has 0 bridgehead atoms. The van der Waals surface area contributed by atoms with E-state index >= 15 is 0 Å². The molecular formula is C21H26N4O3. The van der Waals surface area contributed by atoms with E-state index < -0.39 is 0 Å². The predicted molar refractivity (Wildman–Crippen MR) is 110 cm³/mol. The normalized spacial score (nSPS) is 14.4. The van der Waals surface area contributed by atoms with Crippen molar-refractivity contribution in [1.29, 1.82) is 0 Å². The van der Waals surface area contributed by atoms with E-state index in [0.717, 1.165) is 31.9 Å². The van der Waals surface area contributed by atoms with Gasteiger partial charge in [0.25, 0.3) is 5.91 Å².